The molecule has 1 aromatic heterocycles. The van der Waals surface area contributed by atoms with Gasteiger partial charge in [0.1, 0.15) is 18.1 Å². The Morgan fingerprint density at radius 2 is 2.00 bits per heavy atom. The topological polar surface area (TPSA) is 101 Å². The SMILES string of the molecule is COc1ccc2c(c1)OCC(c1noc(-c3ccc([N+](=O)[O-])cc3)n1)=C2. The number of methoxy groups -OCH3 is 1. The van der Waals surface area contributed by atoms with Crippen LogP contribution in [0.2, 0.25) is 0 Å². The molecule has 4 rings (SSSR count). The van der Waals surface area contributed by atoms with Gasteiger partial charge in [0.25, 0.3) is 11.6 Å². The van der Waals surface area contributed by atoms with Crippen molar-refractivity contribution >= 4 is 17.3 Å². The second kappa shape index (κ2) is 6.32. The fourth-order valence-electron chi connectivity index (χ4n) is 2.60. The zero-order valence-corrected chi connectivity index (χ0v) is 13.7. The summed E-state index contributed by atoms with van der Waals surface area (Å²) < 4.78 is 16.2. The summed E-state index contributed by atoms with van der Waals surface area (Å²) in [5.74, 6) is 2.16. The van der Waals surface area contributed by atoms with Crippen molar-refractivity contribution in [3.05, 3.63) is 64.0 Å². The van der Waals surface area contributed by atoms with E-state index in [1.54, 1.807) is 19.2 Å². The second-order valence-corrected chi connectivity index (χ2v) is 5.59. The Bertz CT molecular complexity index is 1010. The molecule has 0 saturated heterocycles. The van der Waals surface area contributed by atoms with E-state index in [-0.39, 0.29) is 11.6 Å². The van der Waals surface area contributed by atoms with Crippen molar-refractivity contribution in [3.63, 3.8) is 0 Å². The number of fused-ring (bicyclic) bond motifs is 1. The van der Waals surface area contributed by atoms with Crippen molar-refractivity contribution in [2.75, 3.05) is 13.7 Å². The number of hydrogen-bond donors (Lipinski definition) is 0. The van der Waals surface area contributed by atoms with Crippen LogP contribution in [-0.2, 0) is 0 Å². The maximum absolute atomic E-state index is 10.7. The lowest BCUT2D eigenvalue weighted by Gasteiger charge is -2.16. The maximum atomic E-state index is 10.7. The van der Waals surface area contributed by atoms with Gasteiger partial charge in [0, 0.05) is 34.9 Å². The highest BCUT2D eigenvalue weighted by molar-refractivity contribution is 5.83. The standard InChI is InChI=1S/C18H13N3O5/c1-24-15-7-4-12-8-13(10-25-16(12)9-15)17-19-18(26-20-17)11-2-5-14(6-3-11)21(22)23/h2-9H,10H2,1H3. The van der Waals surface area contributed by atoms with Gasteiger partial charge in [-0.3, -0.25) is 10.1 Å². The van der Waals surface area contributed by atoms with E-state index in [4.69, 9.17) is 14.0 Å². The van der Waals surface area contributed by atoms with Crippen molar-refractivity contribution in [1.82, 2.24) is 10.1 Å². The molecule has 26 heavy (non-hydrogen) atoms. The van der Waals surface area contributed by atoms with Crippen LogP contribution in [0.15, 0.2) is 47.0 Å². The average Bonchev–Trinajstić information content (AvgIpc) is 3.17. The van der Waals surface area contributed by atoms with E-state index in [2.05, 4.69) is 10.1 Å². The van der Waals surface area contributed by atoms with Crippen molar-refractivity contribution in [2.45, 2.75) is 0 Å². The molecule has 0 bridgehead atoms. The van der Waals surface area contributed by atoms with Crippen LogP contribution >= 0.6 is 0 Å². The molecule has 0 aliphatic carbocycles. The molecule has 2 aromatic carbocycles. The third-order valence-corrected chi connectivity index (χ3v) is 3.97. The molecule has 0 saturated carbocycles. The molecule has 0 unspecified atom stereocenters. The van der Waals surface area contributed by atoms with Crippen molar-refractivity contribution in [3.8, 4) is 23.0 Å². The number of aromatic nitrogens is 2. The molecule has 0 fully saturated rings. The Kier molecular flexibility index (Phi) is 3.85. The summed E-state index contributed by atoms with van der Waals surface area (Å²) in [7, 11) is 1.60. The molecule has 3 aromatic rings. The van der Waals surface area contributed by atoms with Gasteiger partial charge in [0.05, 0.1) is 12.0 Å². The molecular formula is C18H13N3O5. The summed E-state index contributed by atoms with van der Waals surface area (Å²) in [5, 5.41) is 14.7. The summed E-state index contributed by atoms with van der Waals surface area (Å²) in [5.41, 5.74) is 2.29. The Balaban J connectivity index is 1.61. The predicted octanol–water partition coefficient (Wildman–Crippen LogP) is 3.59. The fraction of sp³-hybridized carbons (Fsp3) is 0.111. The molecule has 130 valence electrons. The van der Waals surface area contributed by atoms with Crippen LogP contribution < -0.4 is 9.47 Å². The van der Waals surface area contributed by atoms with E-state index >= 15 is 0 Å². The van der Waals surface area contributed by atoms with Crippen LogP contribution in [0, 0.1) is 10.1 Å². The fourth-order valence-corrected chi connectivity index (χ4v) is 2.60. The van der Waals surface area contributed by atoms with Crippen molar-refractivity contribution in [1.29, 1.82) is 0 Å². The van der Waals surface area contributed by atoms with Gasteiger partial charge in [-0.1, -0.05) is 5.16 Å². The summed E-state index contributed by atoms with van der Waals surface area (Å²) >= 11 is 0. The Hall–Kier alpha value is -3.68. The predicted molar refractivity (Wildman–Crippen MR) is 92.7 cm³/mol. The van der Waals surface area contributed by atoms with E-state index in [1.807, 2.05) is 24.3 Å². The number of non-ortho nitro benzene ring substituents is 1. The zero-order chi connectivity index (χ0) is 18.1. The van der Waals surface area contributed by atoms with Gasteiger partial charge in [0.15, 0.2) is 0 Å². The smallest absolute Gasteiger partial charge is 0.269 e. The monoisotopic (exact) mass is 351 g/mol. The minimum Gasteiger partial charge on any atom is -0.497 e. The van der Waals surface area contributed by atoms with Gasteiger partial charge in [-0.2, -0.15) is 4.98 Å². The molecule has 0 amide bonds. The van der Waals surface area contributed by atoms with E-state index in [1.165, 1.54) is 12.1 Å². The van der Waals surface area contributed by atoms with E-state index in [0.29, 0.717) is 18.0 Å². The average molecular weight is 351 g/mol. The molecule has 8 nitrogen and oxygen atoms in total. The highest BCUT2D eigenvalue weighted by Gasteiger charge is 2.19. The molecule has 0 radical (unpaired) electrons. The molecule has 0 spiro atoms. The Morgan fingerprint density at radius 3 is 2.73 bits per heavy atom. The number of nitro groups is 1. The van der Waals surface area contributed by atoms with Crippen LogP contribution in [0.5, 0.6) is 11.5 Å². The molecule has 8 heteroatoms. The zero-order valence-electron chi connectivity index (χ0n) is 13.7. The van der Waals surface area contributed by atoms with Crippen LogP contribution in [0.3, 0.4) is 0 Å². The normalized spacial score (nSPS) is 12.7. The van der Waals surface area contributed by atoms with Crippen LogP contribution in [0.1, 0.15) is 11.4 Å². The lowest BCUT2D eigenvalue weighted by Crippen LogP contribution is -2.07. The lowest BCUT2D eigenvalue weighted by atomic mass is 10.1. The van der Waals surface area contributed by atoms with E-state index < -0.39 is 4.92 Å². The van der Waals surface area contributed by atoms with E-state index in [0.717, 1.165) is 22.6 Å². The van der Waals surface area contributed by atoms with Crippen LogP contribution in [-0.4, -0.2) is 28.8 Å². The highest BCUT2D eigenvalue weighted by Crippen LogP contribution is 2.33. The van der Waals surface area contributed by atoms with Gasteiger partial charge in [-0.15, -0.1) is 0 Å². The third kappa shape index (κ3) is 2.88. The summed E-state index contributed by atoms with van der Waals surface area (Å²) in [6.07, 6.45) is 1.93. The second-order valence-electron chi connectivity index (χ2n) is 5.59. The number of nitro benzene ring substituents is 1. The Morgan fingerprint density at radius 1 is 1.19 bits per heavy atom. The third-order valence-electron chi connectivity index (χ3n) is 3.97. The molecular weight excluding hydrogens is 338 g/mol. The number of benzene rings is 2. The minimum absolute atomic E-state index is 0.00362. The first kappa shape index (κ1) is 15.8. The molecule has 1 aliphatic rings. The summed E-state index contributed by atoms with van der Waals surface area (Å²) in [6, 6.07) is 11.5. The van der Waals surface area contributed by atoms with Crippen molar-refractivity contribution < 1.29 is 18.9 Å². The van der Waals surface area contributed by atoms with Gasteiger partial charge in [-0.25, -0.2) is 0 Å². The number of rotatable bonds is 4. The summed E-state index contributed by atoms with van der Waals surface area (Å²) in [6.45, 7) is 0.305. The first-order chi connectivity index (χ1) is 12.6. The molecule has 0 N–H and O–H groups in total. The molecule has 1 aliphatic heterocycles. The number of nitrogens with zero attached hydrogens (tertiary/aromatic N) is 3. The van der Waals surface area contributed by atoms with Gasteiger partial charge in [0.2, 0.25) is 5.82 Å². The van der Waals surface area contributed by atoms with Crippen LogP contribution in [0.4, 0.5) is 5.69 Å². The molecule has 2 heterocycles. The van der Waals surface area contributed by atoms with E-state index in [9.17, 15) is 10.1 Å². The first-order valence-corrected chi connectivity index (χ1v) is 7.74. The minimum atomic E-state index is -0.459. The van der Waals surface area contributed by atoms with Crippen LogP contribution in [0.25, 0.3) is 23.1 Å². The molecule has 0 atom stereocenters. The summed E-state index contributed by atoms with van der Waals surface area (Å²) in [4.78, 5) is 14.6. The van der Waals surface area contributed by atoms with Crippen molar-refractivity contribution in [2.24, 2.45) is 0 Å². The number of hydrogen-bond acceptors (Lipinski definition) is 7. The first-order valence-electron chi connectivity index (χ1n) is 7.74. The van der Waals surface area contributed by atoms with Gasteiger partial charge >= 0.3 is 0 Å². The van der Waals surface area contributed by atoms with Gasteiger partial charge in [-0.05, 0) is 30.3 Å². The quantitative estimate of drug-likeness (QED) is 0.523. The number of ether oxygens (including phenoxy) is 2. The highest BCUT2D eigenvalue weighted by atomic mass is 16.6. The Labute approximate surface area is 147 Å². The lowest BCUT2D eigenvalue weighted by molar-refractivity contribution is -0.384. The maximum Gasteiger partial charge on any atom is 0.269 e. The van der Waals surface area contributed by atoms with Gasteiger partial charge < -0.3 is 14.0 Å². The largest absolute Gasteiger partial charge is 0.497 e.